The first-order valence-corrected chi connectivity index (χ1v) is 14.1. The van der Waals surface area contributed by atoms with E-state index in [2.05, 4.69) is 42.3 Å². The van der Waals surface area contributed by atoms with E-state index in [-0.39, 0.29) is 17.9 Å². The zero-order valence-electron chi connectivity index (χ0n) is 23.5. The summed E-state index contributed by atoms with van der Waals surface area (Å²) in [5.41, 5.74) is 4.57. The van der Waals surface area contributed by atoms with E-state index in [1.165, 1.54) is 11.1 Å². The number of nitrogens with one attached hydrogen (secondary N) is 1. The molecule has 0 aromatic heterocycles. The molecule has 2 aliphatic rings. The smallest absolute Gasteiger partial charge is 0.229 e. The van der Waals surface area contributed by atoms with Crippen LogP contribution in [0.4, 0.5) is 5.69 Å². The van der Waals surface area contributed by atoms with E-state index in [0.717, 1.165) is 68.9 Å². The maximum absolute atomic E-state index is 13.3. The van der Waals surface area contributed by atoms with Gasteiger partial charge in [0.1, 0.15) is 5.75 Å². The molecule has 7 nitrogen and oxygen atoms in total. The lowest BCUT2D eigenvalue weighted by molar-refractivity contribution is -0.123. The number of piperazine rings is 1. The Morgan fingerprint density at radius 2 is 1.97 bits per heavy atom. The number of nitrogens with zero attached hydrogens (tertiary/aromatic N) is 2. The Hall–Kier alpha value is -2.45. The van der Waals surface area contributed by atoms with Crippen molar-refractivity contribution in [3.05, 3.63) is 59.2 Å². The van der Waals surface area contributed by atoms with E-state index in [0.29, 0.717) is 19.3 Å². The molecule has 2 fully saturated rings. The van der Waals surface area contributed by atoms with Crippen LogP contribution in [0, 0.1) is 12.8 Å². The van der Waals surface area contributed by atoms with Gasteiger partial charge in [-0.05, 0) is 87.4 Å². The molecule has 7 heteroatoms. The van der Waals surface area contributed by atoms with Crippen molar-refractivity contribution in [3.63, 3.8) is 0 Å². The fourth-order valence-electron chi connectivity index (χ4n) is 5.54. The van der Waals surface area contributed by atoms with Crippen LogP contribution in [-0.4, -0.2) is 67.5 Å². The van der Waals surface area contributed by atoms with Crippen molar-refractivity contribution in [2.24, 2.45) is 5.92 Å². The van der Waals surface area contributed by atoms with Gasteiger partial charge in [-0.15, -0.1) is 0 Å². The van der Waals surface area contributed by atoms with Crippen molar-refractivity contribution in [1.82, 2.24) is 10.2 Å². The number of aliphatic hydroxyl groups is 1. The van der Waals surface area contributed by atoms with Crippen molar-refractivity contribution >= 4 is 11.6 Å². The number of aliphatic hydroxyl groups excluding tert-OH is 1. The molecular weight excluding hydrogens is 478 g/mol. The average Bonchev–Trinajstić information content (AvgIpc) is 2.89. The fourth-order valence-corrected chi connectivity index (χ4v) is 5.54. The third kappa shape index (κ3) is 8.03. The highest BCUT2D eigenvalue weighted by Gasteiger charge is 2.30. The van der Waals surface area contributed by atoms with Crippen LogP contribution in [0.5, 0.6) is 5.75 Å². The van der Waals surface area contributed by atoms with E-state index in [4.69, 9.17) is 9.47 Å². The van der Waals surface area contributed by atoms with Gasteiger partial charge in [0.25, 0.3) is 0 Å². The largest absolute Gasteiger partial charge is 0.490 e. The molecule has 1 saturated heterocycles. The SMILES string of the molecule is Cc1cc(N(C)C(=O)[C@H]2CC[C@H](Oc3cccc(COC[C@@H](C)O)c3)CC2)ccc1CN1CCN[C@@H](C)C1. The molecule has 1 amide bonds. The third-order valence-electron chi connectivity index (χ3n) is 7.74. The second-order valence-corrected chi connectivity index (χ2v) is 11.2. The van der Waals surface area contributed by atoms with Crippen molar-refractivity contribution in [1.29, 1.82) is 0 Å². The van der Waals surface area contributed by atoms with Crippen LogP contribution in [0.1, 0.15) is 56.2 Å². The van der Waals surface area contributed by atoms with Crippen LogP contribution in [0.25, 0.3) is 0 Å². The molecule has 0 bridgehead atoms. The lowest BCUT2D eigenvalue weighted by Gasteiger charge is -2.32. The minimum absolute atomic E-state index is 0.0300. The Balaban J connectivity index is 1.26. The minimum Gasteiger partial charge on any atom is -0.490 e. The molecule has 2 aromatic carbocycles. The summed E-state index contributed by atoms with van der Waals surface area (Å²) in [4.78, 5) is 17.7. The zero-order valence-corrected chi connectivity index (χ0v) is 23.5. The maximum atomic E-state index is 13.3. The number of hydrogen-bond acceptors (Lipinski definition) is 6. The molecule has 0 radical (unpaired) electrons. The Labute approximate surface area is 228 Å². The maximum Gasteiger partial charge on any atom is 0.229 e. The Morgan fingerprint density at radius 1 is 1.18 bits per heavy atom. The molecule has 38 heavy (non-hydrogen) atoms. The second-order valence-electron chi connectivity index (χ2n) is 11.2. The molecule has 2 aromatic rings. The molecule has 1 aliphatic heterocycles. The molecular formula is C31H45N3O4. The quantitative estimate of drug-likeness (QED) is 0.484. The van der Waals surface area contributed by atoms with Gasteiger partial charge in [0.05, 0.1) is 25.4 Å². The zero-order chi connectivity index (χ0) is 27.1. The van der Waals surface area contributed by atoms with Gasteiger partial charge in [0.15, 0.2) is 0 Å². The lowest BCUT2D eigenvalue weighted by atomic mass is 9.86. The number of carbonyl (C=O) groups excluding carboxylic acids is 1. The number of ether oxygens (including phenoxy) is 2. The van der Waals surface area contributed by atoms with Crippen LogP contribution in [-0.2, 0) is 22.7 Å². The van der Waals surface area contributed by atoms with Crippen molar-refractivity contribution in [3.8, 4) is 5.75 Å². The highest BCUT2D eigenvalue weighted by atomic mass is 16.5. The Kier molecular flexibility index (Phi) is 10.2. The molecule has 2 atom stereocenters. The fraction of sp³-hybridized carbons (Fsp3) is 0.581. The lowest BCUT2D eigenvalue weighted by Crippen LogP contribution is -2.48. The van der Waals surface area contributed by atoms with Crippen LogP contribution in [0.15, 0.2) is 42.5 Å². The summed E-state index contributed by atoms with van der Waals surface area (Å²) in [6.07, 6.45) is 3.06. The Morgan fingerprint density at radius 3 is 2.68 bits per heavy atom. The second kappa shape index (κ2) is 13.6. The first kappa shape index (κ1) is 28.6. The van der Waals surface area contributed by atoms with Gasteiger partial charge in [0, 0.05) is 50.9 Å². The normalized spacial score (nSPS) is 23.1. The van der Waals surface area contributed by atoms with E-state index in [1.54, 1.807) is 6.92 Å². The van der Waals surface area contributed by atoms with E-state index in [9.17, 15) is 9.90 Å². The van der Waals surface area contributed by atoms with Crippen molar-refractivity contribution in [2.75, 3.05) is 38.2 Å². The first-order valence-electron chi connectivity index (χ1n) is 14.1. The number of benzene rings is 2. The highest BCUT2D eigenvalue weighted by molar-refractivity contribution is 5.94. The molecule has 0 unspecified atom stereocenters. The predicted octanol–water partition coefficient (Wildman–Crippen LogP) is 4.29. The number of aryl methyl sites for hydroxylation is 1. The first-order chi connectivity index (χ1) is 18.3. The van der Waals surface area contributed by atoms with Crippen LogP contribution < -0.4 is 15.0 Å². The van der Waals surface area contributed by atoms with Gasteiger partial charge in [-0.25, -0.2) is 0 Å². The van der Waals surface area contributed by atoms with Gasteiger partial charge in [-0.3, -0.25) is 9.69 Å². The standard InChI is InChI=1S/C31H45N3O4/c1-22-16-28(11-8-27(22)19-34-15-14-32-23(2)18-34)33(4)31(36)26-9-12-29(13-10-26)38-30-7-5-6-25(17-30)21-37-20-24(3)35/h5-8,11,16-17,23-24,26,29,32,35H,9-10,12-15,18-21H2,1-4H3/t23-,24+,26-,29-/m0/s1. The van der Waals surface area contributed by atoms with E-state index < -0.39 is 6.10 Å². The summed E-state index contributed by atoms with van der Waals surface area (Å²) in [6, 6.07) is 14.9. The molecule has 208 valence electrons. The monoisotopic (exact) mass is 523 g/mol. The number of hydrogen-bond donors (Lipinski definition) is 2. The van der Waals surface area contributed by atoms with Gasteiger partial charge >= 0.3 is 0 Å². The van der Waals surface area contributed by atoms with Crippen molar-refractivity contribution in [2.45, 2.75) is 77.9 Å². The van der Waals surface area contributed by atoms with Crippen LogP contribution in [0.3, 0.4) is 0 Å². The molecule has 0 spiro atoms. The van der Waals surface area contributed by atoms with E-state index >= 15 is 0 Å². The van der Waals surface area contributed by atoms with Gasteiger partial charge < -0.3 is 24.8 Å². The number of anilines is 1. The molecule has 1 heterocycles. The number of amides is 1. The minimum atomic E-state index is -0.471. The van der Waals surface area contributed by atoms with E-state index in [1.807, 2.05) is 36.2 Å². The average molecular weight is 524 g/mol. The molecule has 1 aliphatic carbocycles. The van der Waals surface area contributed by atoms with Crippen molar-refractivity contribution < 1.29 is 19.4 Å². The molecule has 1 saturated carbocycles. The molecule has 4 rings (SSSR count). The summed E-state index contributed by atoms with van der Waals surface area (Å²) >= 11 is 0. The van der Waals surface area contributed by atoms with Crippen LogP contribution >= 0.6 is 0 Å². The summed E-state index contributed by atoms with van der Waals surface area (Å²) in [7, 11) is 1.91. The summed E-state index contributed by atoms with van der Waals surface area (Å²) in [5.74, 6) is 1.06. The number of rotatable bonds is 10. The Bertz CT molecular complexity index is 1050. The van der Waals surface area contributed by atoms with Gasteiger partial charge in [-0.2, -0.15) is 0 Å². The summed E-state index contributed by atoms with van der Waals surface area (Å²) < 4.78 is 11.8. The third-order valence-corrected chi connectivity index (χ3v) is 7.74. The summed E-state index contributed by atoms with van der Waals surface area (Å²) in [5, 5.41) is 12.9. The van der Waals surface area contributed by atoms with Gasteiger partial charge in [-0.1, -0.05) is 18.2 Å². The summed E-state index contributed by atoms with van der Waals surface area (Å²) in [6.45, 7) is 11.0. The van der Waals surface area contributed by atoms with Gasteiger partial charge in [0.2, 0.25) is 5.91 Å². The molecule has 2 N–H and O–H groups in total. The highest BCUT2D eigenvalue weighted by Crippen LogP contribution is 2.31. The predicted molar refractivity (Wildman–Crippen MR) is 151 cm³/mol. The topological polar surface area (TPSA) is 74.3 Å². The number of carbonyl (C=O) groups is 1. The van der Waals surface area contributed by atoms with Crippen LogP contribution in [0.2, 0.25) is 0 Å².